The zero-order chi connectivity index (χ0) is 20.4. The van der Waals surface area contributed by atoms with Crippen LogP contribution in [0.1, 0.15) is 36.8 Å². The third-order valence-corrected chi connectivity index (χ3v) is 6.70. The number of hydrogen-bond donors (Lipinski definition) is 1. The van der Waals surface area contributed by atoms with E-state index in [9.17, 15) is 10.1 Å². The number of rotatable bonds is 5. The first kappa shape index (κ1) is 20.2. The van der Waals surface area contributed by atoms with Crippen molar-refractivity contribution in [3.63, 3.8) is 0 Å². The van der Waals surface area contributed by atoms with Gasteiger partial charge in [-0.3, -0.25) is 9.69 Å². The van der Waals surface area contributed by atoms with Gasteiger partial charge in [-0.05, 0) is 62.1 Å². The number of nitrogens with zero attached hydrogens (tertiary/aromatic N) is 2. The van der Waals surface area contributed by atoms with Crippen molar-refractivity contribution in [3.05, 3.63) is 63.6 Å². The van der Waals surface area contributed by atoms with Gasteiger partial charge in [-0.25, -0.2) is 0 Å². The number of hydrogen-bond acceptors (Lipinski definition) is 3. The molecule has 29 heavy (non-hydrogen) atoms. The Hall–Kier alpha value is -2.06. The second kappa shape index (κ2) is 8.36. The highest BCUT2D eigenvalue weighted by molar-refractivity contribution is 6.35. The summed E-state index contributed by atoms with van der Waals surface area (Å²) in [6.45, 7) is 2.26. The summed E-state index contributed by atoms with van der Waals surface area (Å²) < 4.78 is 0. The molecule has 2 aromatic carbocycles. The lowest BCUT2D eigenvalue weighted by Crippen LogP contribution is -2.40. The Labute approximate surface area is 181 Å². The summed E-state index contributed by atoms with van der Waals surface area (Å²) in [5, 5.41) is 13.7. The van der Waals surface area contributed by atoms with Crippen molar-refractivity contribution >= 4 is 34.8 Å². The van der Waals surface area contributed by atoms with Crippen molar-refractivity contribution in [1.82, 2.24) is 4.90 Å². The molecule has 0 radical (unpaired) electrons. The molecule has 4 nitrogen and oxygen atoms in total. The van der Waals surface area contributed by atoms with Crippen LogP contribution in [-0.2, 0) is 16.8 Å². The SMILES string of the molecule is N#CC1(c2ccc(NC(=O)C3CCCN(Cc4c(Cl)cccc4Cl)C3)cc2)CC1. The molecule has 2 aromatic rings. The van der Waals surface area contributed by atoms with Crippen LogP contribution in [0.25, 0.3) is 0 Å². The largest absolute Gasteiger partial charge is 0.326 e. The highest BCUT2D eigenvalue weighted by Crippen LogP contribution is 2.47. The van der Waals surface area contributed by atoms with E-state index in [4.69, 9.17) is 23.2 Å². The molecule has 1 heterocycles. The molecule has 2 fully saturated rings. The first-order valence-electron chi connectivity index (χ1n) is 9.99. The van der Waals surface area contributed by atoms with Gasteiger partial charge >= 0.3 is 0 Å². The molecule has 2 aliphatic rings. The van der Waals surface area contributed by atoms with E-state index in [-0.39, 0.29) is 17.2 Å². The first-order valence-corrected chi connectivity index (χ1v) is 10.7. The zero-order valence-corrected chi connectivity index (χ0v) is 17.6. The quantitative estimate of drug-likeness (QED) is 0.694. The van der Waals surface area contributed by atoms with E-state index in [0.717, 1.165) is 49.0 Å². The molecular formula is C23H23Cl2N3O. The lowest BCUT2D eigenvalue weighted by molar-refractivity contribution is -0.121. The van der Waals surface area contributed by atoms with Crippen molar-refractivity contribution in [2.45, 2.75) is 37.6 Å². The Morgan fingerprint density at radius 3 is 2.48 bits per heavy atom. The Morgan fingerprint density at radius 1 is 1.17 bits per heavy atom. The maximum Gasteiger partial charge on any atom is 0.228 e. The number of anilines is 1. The van der Waals surface area contributed by atoms with Gasteiger partial charge in [0.15, 0.2) is 0 Å². The molecule has 1 unspecified atom stereocenters. The Morgan fingerprint density at radius 2 is 1.86 bits per heavy atom. The predicted molar refractivity (Wildman–Crippen MR) is 116 cm³/mol. The maximum atomic E-state index is 12.8. The fraction of sp³-hybridized carbons (Fsp3) is 0.391. The first-order chi connectivity index (χ1) is 14.0. The van der Waals surface area contributed by atoms with Gasteiger partial charge in [0.25, 0.3) is 0 Å². The number of amides is 1. The second-order valence-corrected chi connectivity index (χ2v) is 8.85. The van der Waals surface area contributed by atoms with Crippen LogP contribution < -0.4 is 5.32 Å². The summed E-state index contributed by atoms with van der Waals surface area (Å²) in [5.41, 5.74) is 2.43. The summed E-state index contributed by atoms with van der Waals surface area (Å²) in [5.74, 6) is -0.0345. The fourth-order valence-corrected chi connectivity index (χ4v) is 4.54. The van der Waals surface area contributed by atoms with Gasteiger partial charge in [0.2, 0.25) is 5.91 Å². The van der Waals surface area contributed by atoms with Gasteiger partial charge in [-0.15, -0.1) is 0 Å². The van der Waals surface area contributed by atoms with Crippen LogP contribution in [0.4, 0.5) is 5.69 Å². The van der Waals surface area contributed by atoms with E-state index in [0.29, 0.717) is 23.1 Å². The standard InChI is InChI=1S/C23H23Cl2N3O/c24-20-4-1-5-21(25)19(20)14-28-12-2-3-16(13-28)22(29)27-18-8-6-17(7-9-18)23(15-26)10-11-23/h1,4-9,16H,2-3,10-14H2,(H,27,29). The van der Waals surface area contributed by atoms with Crippen molar-refractivity contribution in [3.8, 4) is 6.07 Å². The third kappa shape index (κ3) is 4.43. The minimum atomic E-state index is -0.299. The number of halogens is 2. The van der Waals surface area contributed by atoms with Crippen molar-refractivity contribution < 1.29 is 4.79 Å². The number of carbonyl (C=O) groups is 1. The highest BCUT2D eigenvalue weighted by atomic mass is 35.5. The fourth-order valence-electron chi connectivity index (χ4n) is 4.03. The summed E-state index contributed by atoms with van der Waals surface area (Å²) in [6.07, 6.45) is 3.67. The Bertz CT molecular complexity index is 927. The summed E-state index contributed by atoms with van der Waals surface area (Å²) >= 11 is 12.6. The molecule has 1 saturated heterocycles. The van der Waals surface area contributed by atoms with Gasteiger partial charge in [-0.1, -0.05) is 41.4 Å². The lowest BCUT2D eigenvalue weighted by atomic mass is 9.96. The Balaban J connectivity index is 1.37. The van der Waals surface area contributed by atoms with Crippen molar-refractivity contribution in [2.24, 2.45) is 5.92 Å². The van der Waals surface area contributed by atoms with Gasteiger partial charge < -0.3 is 5.32 Å². The van der Waals surface area contributed by atoms with Crippen LogP contribution >= 0.6 is 23.2 Å². The van der Waals surface area contributed by atoms with E-state index in [2.05, 4.69) is 16.3 Å². The van der Waals surface area contributed by atoms with Gasteiger partial charge in [0, 0.05) is 34.4 Å². The molecule has 1 atom stereocenters. The van der Waals surface area contributed by atoms with E-state index >= 15 is 0 Å². The van der Waals surface area contributed by atoms with Gasteiger partial charge in [-0.2, -0.15) is 5.26 Å². The number of benzene rings is 2. The molecule has 4 rings (SSSR count). The van der Waals surface area contributed by atoms with E-state index in [1.807, 2.05) is 42.5 Å². The second-order valence-electron chi connectivity index (χ2n) is 8.03. The number of likely N-dealkylation sites (tertiary alicyclic amines) is 1. The molecular weight excluding hydrogens is 405 g/mol. The number of nitrogens with one attached hydrogen (secondary N) is 1. The molecule has 1 N–H and O–H groups in total. The van der Waals surface area contributed by atoms with E-state index < -0.39 is 0 Å². The van der Waals surface area contributed by atoms with Crippen molar-refractivity contribution in [2.75, 3.05) is 18.4 Å². The maximum absolute atomic E-state index is 12.8. The van der Waals surface area contributed by atoms with E-state index in [1.165, 1.54) is 0 Å². The normalized spacial score (nSPS) is 20.7. The van der Waals surface area contributed by atoms with E-state index in [1.54, 1.807) is 0 Å². The van der Waals surface area contributed by atoms with Gasteiger partial charge in [0.1, 0.15) is 0 Å². The summed E-state index contributed by atoms with van der Waals surface area (Å²) in [4.78, 5) is 15.1. The lowest BCUT2D eigenvalue weighted by Gasteiger charge is -2.32. The smallest absolute Gasteiger partial charge is 0.228 e. The van der Waals surface area contributed by atoms with Crippen LogP contribution in [0.2, 0.25) is 10.0 Å². The van der Waals surface area contributed by atoms with Crippen LogP contribution in [0.3, 0.4) is 0 Å². The van der Waals surface area contributed by atoms with Crippen molar-refractivity contribution in [1.29, 1.82) is 5.26 Å². The average molecular weight is 428 g/mol. The number of piperidine rings is 1. The van der Waals surface area contributed by atoms with Crippen LogP contribution in [-0.4, -0.2) is 23.9 Å². The third-order valence-electron chi connectivity index (χ3n) is 5.99. The molecule has 150 valence electrons. The average Bonchev–Trinajstić information content (AvgIpc) is 3.53. The predicted octanol–water partition coefficient (Wildman–Crippen LogP) is 5.40. The zero-order valence-electron chi connectivity index (χ0n) is 16.1. The molecule has 0 spiro atoms. The summed E-state index contributed by atoms with van der Waals surface area (Å²) in [7, 11) is 0. The van der Waals surface area contributed by atoms with Gasteiger partial charge in [0.05, 0.1) is 17.4 Å². The minimum Gasteiger partial charge on any atom is -0.326 e. The molecule has 1 saturated carbocycles. The number of nitriles is 1. The van der Waals surface area contributed by atoms with Crippen LogP contribution in [0.5, 0.6) is 0 Å². The van der Waals surface area contributed by atoms with Crippen LogP contribution in [0.15, 0.2) is 42.5 Å². The summed E-state index contributed by atoms with van der Waals surface area (Å²) in [6, 6.07) is 15.6. The Kier molecular flexibility index (Phi) is 5.83. The monoisotopic (exact) mass is 427 g/mol. The molecule has 1 aliphatic carbocycles. The minimum absolute atomic E-state index is 0.0362. The molecule has 1 aliphatic heterocycles. The molecule has 0 bridgehead atoms. The topological polar surface area (TPSA) is 56.1 Å². The van der Waals surface area contributed by atoms with Crippen LogP contribution in [0, 0.1) is 17.2 Å². The molecule has 0 aromatic heterocycles. The molecule has 6 heteroatoms. The molecule has 1 amide bonds. The highest BCUT2D eigenvalue weighted by Gasteiger charge is 2.44. The number of carbonyl (C=O) groups excluding carboxylic acids is 1.